The van der Waals surface area contributed by atoms with Crippen LogP contribution in [0.2, 0.25) is 0 Å². The SMILES string of the molecule is CN(CC1CCCC1)C(=O)CSC(C)(C)C. The monoisotopic (exact) mass is 243 g/mol. The van der Waals surface area contributed by atoms with E-state index >= 15 is 0 Å². The molecule has 16 heavy (non-hydrogen) atoms. The normalized spacial score (nSPS) is 17.8. The van der Waals surface area contributed by atoms with E-state index in [4.69, 9.17) is 0 Å². The molecule has 1 aliphatic rings. The van der Waals surface area contributed by atoms with Gasteiger partial charge in [0.05, 0.1) is 5.75 Å². The van der Waals surface area contributed by atoms with Crippen molar-refractivity contribution in [1.82, 2.24) is 4.90 Å². The van der Waals surface area contributed by atoms with Crippen molar-refractivity contribution in [2.45, 2.75) is 51.2 Å². The van der Waals surface area contributed by atoms with Gasteiger partial charge in [-0.1, -0.05) is 33.6 Å². The Morgan fingerprint density at radius 2 is 1.88 bits per heavy atom. The summed E-state index contributed by atoms with van der Waals surface area (Å²) >= 11 is 1.74. The number of nitrogens with zero attached hydrogens (tertiary/aromatic N) is 1. The summed E-state index contributed by atoms with van der Waals surface area (Å²) in [6.45, 7) is 7.43. The molecule has 0 aromatic rings. The maximum absolute atomic E-state index is 11.9. The molecular formula is C13H25NOS. The molecule has 1 amide bonds. The Hall–Kier alpha value is -0.180. The number of hydrogen-bond donors (Lipinski definition) is 0. The number of thioether (sulfide) groups is 1. The van der Waals surface area contributed by atoms with Crippen molar-refractivity contribution in [1.29, 1.82) is 0 Å². The van der Waals surface area contributed by atoms with E-state index in [0.717, 1.165) is 12.5 Å². The summed E-state index contributed by atoms with van der Waals surface area (Å²) < 4.78 is 0.184. The van der Waals surface area contributed by atoms with Gasteiger partial charge >= 0.3 is 0 Å². The first kappa shape index (κ1) is 13.9. The molecule has 0 atom stereocenters. The fraction of sp³-hybridized carbons (Fsp3) is 0.923. The molecule has 0 aromatic heterocycles. The van der Waals surface area contributed by atoms with Crippen LogP contribution in [0.25, 0.3) is 0 Å². The lowest BCUT2D eigenvalue weighted by Crippen LogP contribution is -2.33. The van der Waals surface area contributed by atoms with E-state index in [2.05, 4.69) is 20.8 Å². The number of carbonyl (C=O) groups excluding carboxylic acids is 1. The lowest BCUT2D eigenvalue weighted by atomic mass is 10.1. The van der Waals surface area contributed by atoms with Crippen molar-refractivity contribution >= 4 is 17.7 Å². The van der Waals surface area contributed by atoms with Gasteiger partial charge in [0, 0.05) is 18.3 Å². The number of carbonyl (C=O) groups is 1. The van der Waals surface area contributed by atoms with Crippen LogP contribution in [0.1, 0.15) is 46.5 Å². The summed E-state index contributed by atoms with van der Waals surface area (Å²) in [4.78, 5) is 13.8. The lowest BCUT2D eigenvalue weighted by Gasteiger charge is -2.23. The smallest absolute Gasteiger partial charge is 0.232 e. The van der Waals surface area contributed by atoms with E-state index in [1.807, 2.05) is 11.9 Å². The molecule has 2 nitrogen and oxygen atoms in total. The van der Waals surface area contributed by atoms with E-state index in [1.165, 1.54) is 25.7 Å². The highest BCUT2D eigenvalue weighted by atomic mass is 32.2. The summed E-state index contributed by atoms with van der Waals surface area (Å²) in [7, 11) is 1.95. The molecule has 0 aliphatic heterocycles. The van der Waals surface area contributed by atoms with Crippen LogP contribution in [0.15, 0.2) is 0 Å². The Balaban J connectivity index is 2.24. The second-order valence-corrected chi connectivity index (χ2v) is 7.63. The van der Waals surface area contributed by atoms with Crippen LogP contribution in [0.5, 0.6) is 0 Å². The number of rotatable bonds is 4. The predicted molar refractivity (Wildman–Crippen MR) is 71.8 cm³/mol. The summed E-state index contributed by atoms with van der Waals surface area (Å²) in [5.41, 5.74) is 0. The maximum atomic E-state index is 11.9. The molecule has 0 aromatic carbocycles. The standard InChI is InChI=1S/C13H25NOS/c1-13(2,3)16-10-12(15)14(4)9-11-7-5-6-8-11/h11H,5-10H2,1-4H3. The van der Waals surface area contributed by atoms with Crippen LogP contribution < -0.4 is 0 Å². The van der Waals surface area contributed by atoms with Gasteiger partial charge in [0.15, 0.2) is 0 Å². The van der Waals surface area contributed by atoms with Crippen LogP contribution in [0, 0.1) is 5.92 Å². The molecular weight excluding hydrogens is 218 g/mol. The van der Waals surface area contributed by atoms with Gasteiger partial charge in [0.25, 0.3) is 0 Å². The molecule has 1 rings (SSSR count). The third-order valence-corrected chi connectivity index (χ3v) is 4.32. The molecule has 0 heterocycles. The molecule has 0 unspecified atom stereocenters. The minimum Gasteiger partial charge on any atom is -0.345 e. The van der Waals surface area contributed by atoms with Crippen molar-refractivity contribution in [3.05, 3.63) is 0 Å². The average molecular weight is 243 g/mol. The van der Waals surface area contributed by atoms with Crippen LogP contribution >= 0.6 is 11.8 Å². The zero-order valence-corrected chi connectivity index (χ0v) is 11.9. The molecule has 0 spiro atoms. The van der Waals surface area contributed by atoms with Crippen molar-refractivity contribution in [2.75, 3.05) is 19.3 Å². The van der Waals surface area contributed by atoms with Gasteiger partial charge in [0.1, 0.15) is 0 Å². The average Bonchev–Trinajstić information content (AvgIpc) is 2.65. The molecule has 0 saturated heterocycles. The van der Waals surface area contributed by atoms with Crippen molar-refractivity contribution in [3.63, 3.8) is 0 Å². The van der Waals surface area contributed by atoms with Crippen LogP contribution in [-0.4, -0.2) is 34.9 Å². The fourth-order valence-electron chi connectivity index (χ4n) is 2.07. The third kappa shape index (κ3) is 5.24. The molecule has 0 radical (unpaired) electrons. The van der Waals surface area contributed by atoms with E-state index in [1.54, 1.807) is 11.8 Å². The minimum atomic E-state index is 0.184. The Labute approximate surface area is 104 Å². The van der Waals surface area contributed by atoms with Gasteiger partial charge in [-0.15, -0.1) is 11.8 Å². The van der Waals surface area contributed by atoms with E-state index in [-0.39, 0.29) is 10.7 Å². The van der Waals surface area contributed by atoms with Crippen LogP contribution in [-0.2, 0) is 4.79 Å². The zero-order valence-electron chi connectivity index (χ0n) is 11.1. The first-order chi connectivity index (χ1) is 7.38. The predicted octanol–water partition coefficient (Wildman–Crippen LogP) is 3.17. The van der Waals surface area contributed by atoms with Gasteiger partial charge in [-0.2, -0.15) is 0 Å². The van der Waals surface area contributed by atoms with Crippen molar-refractivity contribution < 1.29 is 4.79 Å². The Kier molecular flexibility index (Phi) is 5.16. The number of hydrogen-bond acceptors (Lipinski definition) is 2. The van der Waals surface area contributed by atoms with Crippen LogP contribution in [0.4, 0.5) is 0 Å². The molecule has 3 heteroatoms. The highest BCUT2D eigenvalue weighted by Gasteiger charge is 2.20. The largest absolute Gasteiger partial charge is 0.345 e. The fourth-order valence-corrected chi connectivity index (χ4v) is 2.85. The van der Waals surface area contributed by atoms with E-state index in [0.29, 0.717) is 5.75 Å². The molecule has 1 fully saturated rings. The van der Waals surface area contributed by atoms with Gasteiger partial charge in [-0.25, -0.2) is 0 Å². The minimum absolute atomic E-state index is 0.184. The quantitative estimate of drug-likeness (QED) is 0.756. The second kappa shape index (κ2) is 5.95. The molecule has 1 saturated carbocycles. The van der Waals surface area contributed by atoms with Crippen LogP contribution in [0.3, 0.4) is 0 Å². The highest BCUT2D eigenvalue weighted by molar-refractivity contribution is 8.01. The summed E-state index contributed by atoms with van der Waals surface area (Å²) in [6.07, 6.45) is 5.32. The van der Waals surface area contributed by atoms with Crippen molar-refractivity contribution in [3.8, 4) is 0 Å². The molecule has 0 bridgehead atoms. The zero-order chi connectivity index (χ0) is 12.2. The molecule has 1 aliphatic carbocycles. The first-order valence-electron chi connectivity index (χ1n) is 6.26. The highest BCUT2D eigenvalue weighted by Crippen LogP contribution is 2.26. The summed E-state index contributed by atoms with van der Waals surface area (Å²) in [5.74, 6) is 1.66. The van der Waals surface area contributed by atoms with Crippen molar-refractivity contribution in [2.24, 2.45) is 5.92 Å². The second-order valence-electron chi connectivity index (χ2n) is 5.83. The third-order valence-electron chi connectivity index (χ3n) is 3.06. The number of amides is 1. The van der Waals surface area contributed by atoms with E-state index < -0.39 is 0 Å². The van der Waals surface area contributed by atoms with Gasteiger partial charge in [-0.05, 0) is 18.8 Å². The topological polar surface area (TPSA) is 20.3 Å². The first-order valence-corrected chi connectivity index (χ1v) is 7.25. The maximum Gasteiger partial charge on any atom is 0.232 e. The molecule has 94 valence electrons. The van der Waals surface area contributed by atoms with Gasteiger partial charge < -0.3 is 4.90 Å². The molecule has 0 N–H and O–H groups in total. The summed E-state index contributed by atoms with van der Waals surface area (Å²) in [5, 5.41) is 0. The Morgan fingerprint density at radius 1 is 1.31 bits per heavy atom. The summed E-state index contributed by atoms with van der Waals surface area (Å²) in [6, 6.07) is 0. The Morgan fingerprint density at radius 3 is 2.38 bits per heavy atom. The van der Waals surface area contributed by atoms with Gasteiger partial charge in [0.2, 0.25) is 5.91 Å². The van der Waals surface area contributed by atoms with E-state index in [9.17, 15) is 4.79 Å². The lowest BCUT2D eigenvalue weighted by molar-refractivity contribution is -0.127. The Bertz CT molecular complexity index is 229. The van der Waals surface area contributed by atoms with Gasteiger partial charge in [-0.3, -0.25) is 4.79 Å².